The van der Waals surface area contributed by atoms with Gasteiger partial charge >= 0.3 is 0 Å². The van der Waals surface area contributed by atoms with Gasteiger partial charge in [0.25, 0.3) is 0 Å². The van der Waals surface area contributed by atoms with Crippen LogP contribution in [0, 0.1) is 11.3 Å². The van der Waals surface area contributed by atoms with E-state index >= 15 is 0 Å². The molecule has 0 spiro atoms. The van der Waals surface area contributed by atoms with Gasteiger partial charge in [-0.2, -0.15) is 5.26 Å². The van der Waals surface area contributed by atoms with Crippen molar-refractivity contribution in [2.24, 2.45) is 0 Å². The van der Waals surface area contributed by atoms with Gasteiger partial charge < -0.3 is 9.84 Å². The zero-order chi connectivity index (χ0) is 17.6. The van der Waals surface area contributed by atoms with Crippen molar-refractivity contribution in [1.29, 1.82) is 5.26 Å². The number of benzene rings is 1. The van der Waals surface area contributed by atoms with Gasteiger partial charge in [-0.05, 0) is 36.2 Å². The maximum Gasteiger partial charge on any atom is 0.128 e. The summed E-state index contributed by atoms with van der Waals surface area (Å²) in [6.07, 6.45) is 3.09. The SMILES string of the molecule is CCc1ncc2c(n1)CN(C[C@@H](O)COc1ccc(C#N)cc1)CC2. The Morgan fingerprint density at radius 3 is 2.88 bits per heavy atom. The number of ether oxygens (including phenoxy) is 1. The van der Waals surface area contributed by atoms with Crippen molar-refractivity contribution in [3.8, 4) is 11.8 Å². The van der Waals surface area contributed by atoms with E-state index in [2.05, 4.69) is 20.9 Å². The number of β-amino-alcohol motifs (C(OH)–C–C–N with tert-alkyl or cyclic N) is 1. The summed E-state index contributed by atoms with van der Waals surface area (Å²) >= 11 is 0. The van der Waals surface area contributed by atoms with E-state index in [1.807, 2.05) is 13.1 Å². The molecule has 0 fully saturated rings. The van der Waals surface area contributed by atoms with Gasteiger partial charge in [-0.3, -0.25) is 4.90 Å². The molecule has 0 bridgehead atoms. The van der Waals surface area contributed by atoms with E-state index in [9.17, 15) is 5.11 Å². The summed E-state index contributed by atoms with van der Waals surface area (Å²) in [5, 5.41) is 19.0. The van der Waals surface area contributed by atoms with Gasteiger partial charge in [-0.25, -0.2) is 9.97 Å². The van der Waals surface area contributed by atoms with Crippen LogP contribution in [0.1, 0.15) is 29.6 Å². The molecule has 0 saturated carbocycles. The highest BCUT2D eigenvalue weighted by molar-refractivity contribution is 5.34. The molecule has 0 radical (unpaired) electrons. The molecule has 1 aromatic carbocycles. The van der Waals surface area contributed by atoms with Crippen molar-refractivity contribution < 1.29 is 9.84 Å². The van der Waals surface area contributed by atoms with Gasteiger partial charge in [0.2, 0.25) is 0 Å². The fraction of sp³-hybridized carbons (Fsp3) is 0.421. The predicted octanol–water partition coefficient (Wildman–Crippen LogP) is 1.71. The largest absolute Gasteiger partial charge is 0.491 e. The first-order valence-corrected chi connectivity index (χ1v) is 8.55. The molecule has 6 heteroatoms. The summed E-state index contributed by atoms with van der Waals surface area (Å²) in [6.45, 7) is 4.43. The second-order valence-electron chi connectivity index (χ2n) is 6.20. The number of rotatable bonds is 6. The van der Waals surface area contributed by atoms with Crippen LogP contribution in [0.3, 0.4) is 0 Å². The minimum absolute atomic E-state index is 0.221. The number of hydrogen-bond acceptors (Lipinski definition) is 6. The molecule has 2 heterocycles. The van der Waals surface area contributed by atoms with Crippen LogP contribution >= 0.6 is 0 Å². The van der Waals surface area contributed by atoms with E-state index < -0.39 is 6.10 Å². The summed E-state index contributed by atoms with van der Waals surface area (Å²) < 4.78 is 5.60. The molecule has 1 atom stereocenters. The molecule has 3 rings (SSSR count). The Morgan fingerprint density at radius 1 is 1.36 bits per heavy atom. The molecule has 0 saturated heterocycles. The molecule has 2 aromatic rings. The highest BCUT2D eigenvalue weighted by Crippen LogP contribution is 2.17. The second-order valence-corrected chi connectivity index (χ2v) is 6.20. The van der Waals surface area contributed by atoms with E-state index in [1.54, 1.807) is 24.3 Å². The third kappa shape index (κ3) is 4.53. The molecule has 1 aliphatic rings. The first-order chi connectivity index (χ1) is 12.2. The molecule has 0 unspecified atom stereocenters. The van der Waals surface area contributed by atoms with Crippen molar-refractivity contribution >= 4 is 0 Å². The quantitative estimate of drug-likeness (QED) is 0.863. The van der Waals surface area contributed by atoms with E-state index in [0.717, 1.165) is 37.4 Å². The Hall–Kier alpha value is -2.49. The Bertz CT molecular complexity index is 755. The van der Waals surface area contributed by atoms with E-state index in [0.29, 0.717) is 17.9 Å². The maximum atomic E-state index is 10.3. The summed E-state index contributed by atoms with van der Waals surface area (Å²) in [7, 11) is 0. The number of aryl methyl sites for hydroxylation is 1. The number of nitrogens with zero attached hydrogens (tertiary/aromatic N) is 4. The van der Waals surface area contributed by atoms with Gasteiger partial charge in [0.05, 0.1) is 17.3 Å². The highest BCUT2D eigenvalue weighted by atomic mass is 16.5. The Kier molecular flexibility index (Phi) is 5.59. The van der Waals surface area contributed by atoms with E-state index in [4.69, 9.17) is 10.00 Å². The van der Waals surface area contributed by atoms with Gasteiger partial charge in [0, 0.05) is 32.3 Å². The van der Waals surface area contributed by atoms with Gasteiger partial charge in [0.15, 0.2) is 0 Å². The zero-order valence-corrected chi connectivity index (χ0v) is 14.4. The number of hydrogen-bond donors (Lipinski definition) is 1. The van der Waals surface area contributed by atoms with Gasteiger partial charge in [-0.1, -0.05) is 6.92 Å². The first-order valence-electron chi connectivity index (χ1n) is 8.55. The lowest BCUT2D eigenvalue weighted by atomic mass is 10.1. The van der Waals surface area contributed by atoms with Crippen LogP contribution in [-0.4, -0.2) is 45.8 Å². The number of aromatic nitrogens is 2. The molecule has 1 N–H and O–H groups in total. The fourth-order valence-electron chi connectivity index (χ4n) is 2.89. The van der Waals surface area contributed by atoms with Crippen LogP contribution in [0.5, 0.6) is 5.75 Å². The average molecular weight is 338 g/mol. The number of aliphatic hydroxyl groups is 1. The lowest BCUT2D eigenvalue weighted by molar-refractivity contribution is 0.0631. The molecule has 0 aliphatic carbocycles. The topological polar surface area (TPSA) is 82.3 Å². The minimum atomic E-state index is -0.579. The third-order valence-electron chi connectivity index (χ3n) is 4.29. The first kappa shape index (κ1) is 17.3. The maximum absolute atomic E-state index is 10.3. The van der Waals surface area contributed by atoms with Crippen LogP contribution in [-0.2, 0) is 19.4 Å². The van der Waals surface area contributed by atoms with E-state index in [-0.39, 0.29) is 6.61 Å². The average Bonchev–Trinajstić information content (AvgIpc) is 2.66. The summed E-state index contributed by atoms with van der Waals surface area (Å²) in [5.41, 5.74) is 2.86. The molecule has 6 nitrogen and oxygen atoms in total. The molecule has 0 amide bonds. The van der Waals surface area contributed by atoms with Crippen LogP contribution in [0.25, 0.3) is 0 Å². The molecule has 1 aromatic heterocycles. The third-order valence-corrected chi connectivity index (χ3v) is 4.29. The standard InChI is InChI=1S/C19H22N4O2/c1-2-19-21-10-15-7-8-23(12-18(15)22-19)11-16(24)13-25-17-5-3-14(9-20)4-6-17/h3-6,10,16,24H,2,7-8,11-13H2,1H3/t16-/m1/s1. The Morgan fingerprint density at radius 2 is 2.16 bits per heavy atom. The lowest BCUT2D eigenvalue weighted by Gasteiger charge is -2.29. The molecular formula is C19H22N4O2. The van der Waals surface area contributed by atoms with Crippen LogP contribution in [0.15, 0.2) is 30.5 Å². The van der Waals surface area contributed by atoms with Crippen LogP contribution < -0.4 is 4.74 Å². The number of aliphatic hydroxyl groups excluding tert-OH is 1. The van der Waals surface area contributed by atoms with Crippen molar-refractivity contribution in [1.82, 2.24) is 14.9 Å². The van der Waals surface area contributed by atoms with Crippen LogP contribution in [0.2, 0.25) is 0 Å². The van der Waals surface area contributed by atoms with Crippen LogP contribution in [0.4, 0.5) is 0 Å². The fourth-order valence-corrected chi connectivity index (χ4v) is 2.89. The highest BCUT2D eigenvalue weighted by Gasteiger charge is 2.20. The minimum Gasteiger partial charge on any atom is -0.491 e. The van der Waals surface area contributed by atoms with Crippen molar-refractivity contribution in [3.63, 3.8) is 0 Å². The Labute approximate surface area is 147 Å². The number of fused-ring (bicyclic) bond motifs is 1. The second kappa shape index (κ2) is 8.06. The normalized spacial score (nSPS) is 15.2. The lowest BCUT2D eigenvalue weighted by Crippen LogP contribution is -2.39. The monoisotopic (exact) mass is 338 g/mol. The van der Waals surface area contributed by atoms with Gasteiger partial charge in [-0.15, -0.1) is 0 Å². The van der Waals surface area contributed by atoms with Gasteiger partial charge in [0.1, 0.15) is 24.3 Å². The Balaban J connectivity index is 1.51. The molecular weight excluding hydrogens is 316 g/mol. The molecule has 1 aliphatic heterocycles. The predicted molar refractivity (Wildman–Crippen MR) is 93.0 cm³/mol. The molecule has 130 valence electrons. The summed E-state index contributed by atoms with van der Waals surface area (Å²) in [4.78, 5) is 11.2. The van der Waals surface area contributed by atoms with Crippen molar-refractivity contribution in [3.05, 3.63) is 53.1 Å². The van der Waals surface area contributed by atoms with Crippen molar-refractivity contribution in [2.75, 3.05) is 19.7 Å². The smallest absolute Gasteiger partial charge is 0.128 e. The number of nitriles is 1. The summed E-state index contributed by atoms with van der Waals surface area (Å²) in [5.74, 6) is 1.52. The molecule has 25 heavy (non-hydrogen) atoms. The summed E-state index contributed by atoms with van der Waals surface area (Å²) in [6, 6.07) is 8.96. The van der Waals surface area contributed by atoms with E-state index in [1.165, 1.54) is 5.56 Å². The van der Waals surface area contributed by atoms with Crippen molar-refractivity contribution in [2.45, 2.75) is 32.4 Å². The zero-order valence-electron chi connectivity index (χ0n) is 14.4.